The molecule has 1 aromatic carbocycles. The number of carbonyl (C=O) groups is 2. The molecule has 4 aromatic rings. The Bertz CT molecular complexity index is 1540. The first-order chi connectivity index (χ1) is 19.4. The van der Waals surface area contributed by atoms with Crippen LogP contribution < -0.4 is 15.4 Å². The van der Waals surface area contributed by atoms with Crippen molar-refractivity contribution in [1.29, 1.82) is 0 Å². The van der Waals surface area contributed by atoms with Gasteiger partial charge in [0.2, 0.25) is 5.91 Å². The second-order valence-electron chi connectivity index (χ2n) is 11.1. The molecule has 1 atom stereocenters. The van der Waals surface area contributed by atoms with E-state index in [1.54, 1.807) is 42.7 Å². The van der Waals surface area contributed by atoms with Crippen LogP contribution in [0.25, 0.3) is 11.0 Å². The third-order valence-electron chi connectivity index (χ3n) is 7.95. The van der Waals surface area contributed by atoms with E-state index in [-0.39, 0.29) is 23.3 Å². The van der Waals surface area contributed by atoms with Crippen LogP contribution in [-0.2, 0) is 4.79 Å². The van der Waals surface area contributed by atoms with Crippen molar-refractivity contribution in [1.82, 2.24) is 25.1 Å². The number of hydrogen-bond acceptors (Lipinski definition) is 7. The van der Waals surface area contributed by atoms with E-state index in [1.807, 2.05) is 24.0 Å². The van der Waals surface area contributed by atoms with E-state index in [0.29, 0.717) is 40.9 Å². The Hall–Kier alpha value is -4.47. The average molecular weight is 540 g/mol. The molecular formula is C30H33N7O3. The lowest BCUT2D eigenvalue weighted by Crippen LogP contribution is -2.52. The first-order valence-corrected chi connectivity index (χ1v) is 13.8. The monoisotopic (exact) mass is 539 g/mol. The number of carbonyl (C=O) groups excluding carboxylic acids is 2. The second kappa shape index (κ2) is 10.6. The number of amides is 2. The minimum Gasteiger partial charge on any atom is -0.456 e. The number of aryl methyl sites for hydroxylation is 1. The quantitative estimate of drug-likeness (QED) is 0.291. The molecule has 0 spiro atoms. The van der Waals surface area contributed by atoms with Crippen molar-refractivity contribution in [3.05, 3.63) is 66.0 Å². The van der Waals surface area contributed by atoms with Crippen LogP contribution >= 0.6 is 0 Å². The molecule has 0 radical (unpaired) electrons. The fraction of sp³-hybridized carbons (Fsp3) is 0.367. The number of rotatable bonds is 7. The molecule has 2 aliphatic rings. The van der Waals surface area contributed by atoms with Gasteiger partial charge in [0, 0.05) is 48.6 Å². The summed E-state index contributed by atoms with van der Waals surface area (Å²) in [6, 6.07) is 12.5. The molecule has 1 aliphatic carbocycles. The van der Waals surface area contributed by atoms with Gasteiger partial charge in [0.15, 0.2) is 11.5 Å². The molecule has 1 aliphatic heterocycles. The molecule has 6 rings (SSSR count). The Kier molecular flexibility index (Phi) is 6.83. The topological polar surface area (TPSA) is 125 Å². The fourth-order valence-electron chi connectivity index (χ4n) is 5.48. The summed E-state index contributed by atoms with van der Waals surface area (Å²) in [5.41, 5.74) is 1.92. The highest BCUT2D eigenvalue weighted by molar-refractivity contribution is 6.03. The van der Waals surface area contributed by atoms with Gasteiger partial charge in [0.25, 0.3) is 5.91 Å². The zero-order valence-electron chi connectivity index (χ0n) is 22.7. The van der Waals surface area contributed by atoms with Gasteiger partial charge in [-0.1, -0.05) is 13.3 Å². The Morgan fingerprint density at radius 1 is 1.07 bits per heavy atom. The third-order valence-corrected chi connectivity index (χ3v) is 7.95. The molecule has 3 N–H and O–H groups in total. The zero-order chi connectivity index (χ0) is 27.7. The number of benzene rings is 1. The molecule has 2 amide bonds. The summed E-state index contributed by atoms with van der Waals surface area (Å²) < 4.78 is 6.23. The summed E-state index contributed by atoms with van der Waals surface area (Å²) in [4.78, 5) is 36.4. The summed E-state index contributed by atoms with van der Waals surface area (Å²) in [6.07, 6.45) is 8.31. The van der Waals surface area contributed by atoms with Crippen LogP contribution in [0, 0.1) is 12.3 Å². The van der Waals surface area contributed by atoms with Crippen LogP contribution in [-0.4, -0.2) is 56.0 Å². The largest absolute Gasteiger partial charge is 0.456 e. The minimum atomic E-state index is -0.247. The molecule has 3 aromatic heterocycles. The number of anilines is 2. The second-order valence-corrected chi connectivity index (χ2v) is 11.1. The van der Waals surface area contributed by atoms with Gasteiger partial charge >= 0.3 is 0 Å². The molecule has 4 heterocycles. The van der Waals surface area contributed by atoms with Crippen molar-refractivity contribution in [2.45, 2.75) is 52.0 Å². The van der Waals surface area contributed by atoms with E-state index in [1.165, 1.54) is 0 Å². The number of nitrogens with one attached hydrogen (secondary N) is 3. The Balaban J connectivity index is 1.15. The summed E-state index contributed by atoms with van der Waals surface area (Å²) in [6.45, 7) is 5.49. The van der Waals surface area contributed by atoms with Gasteiger partial charge in [-0.3, -0.25) is 14.7 Å². The fourth-order valence-corrected chi connectivity index (χ4v) is 5.48. The number of aromatic nitrogens is 4. The first kappa shape index (κ1) is 25.8. The van der Waals surface area contributed by atoms with Crippen LogP contribution in [0.1, 0.15) is 54.9 Å². The molecule has 40 heavy (non-hydrogen) atoms. The Morgan fingerprint density at radius 3 is 2.62 bits per heavy atom. The molecule has 10 nitrogen and oxygen atoms in total. The van der Waals surface area contributed by atoms with Gasteiger partial charge in [-0.05, 0) is 74.6 Å². The van der Waals surface area contributed by atoms with E-state index in [4.69, 9.17) is 4.74 Å². The van der Waals surface area contributed by atoms with E-state index in [9.17, 15) is 9.59 Å². The highest BCUT2D eigenvalue weighted by Gasteiger charge is 2.42. The number of hydrogen-bond donors (Lipinski definition) is 3. The van der Waals surface area contributed by atoms with Crippen molar-refractivity contribution in [2.24, 2.45) is 5.41 Å². The van der Waals surface area contributed by atoms with Crippen molar-refractivity contribution < 1.29 is 14.3 Å². The highest BCUT2D eigenvalue weighted by Crippen LogP contribution is 2.42. The van der Waals surface area contributed by atoms with E-state index >= 15 is 0 Å². The van der Waals surface area contributed by atoms with Crippen LogP contribution in [0.4, 0.5) is 11.6 Å². The summed E-state index contributed by atoms with van der Waals surface area (Å²) in [5, 5.41) is 14.6. The van der Waals surface area contributed by atoms with E-state index in [0.717, 1.165) is 49.6 Å². The molecule has 1 unspecified atom stereocenters. The molecular weight excluding hydrogens is 506 g/mol. The third kappa shape index (κ3) is 5.21. The van der Waals surface area contributed by atoms with Crippen LogP contribution in [0.3, 0.4) is 0 Å². The van der Waals surface area contributed by atoms with Gasteiger partial charge in [0.1, 0.15) is 22.7 Å². The molecule has 10 heteroatoms. The number of pyridine rings is 2. The van der Waals surface area contributed by atoms with E-state index < -0.39 is 0 Å². The summed E-state index contributed by atoms with van der Waals surface area (Å²) >= 11 is 0. The lowest BCUT2D eigenvalue weighted by atomic mass is 9.69. The highest BCUT2D eigenvalue weighted by atomic mass is 16.5. The normalized spacial score (nSPS) is 18.1. The van der Waals surface area contributed by atoms with Crippen molar-refractivity contribution in [2.75, 3.05) is 23.7 Å². The van der Waals surface area contributed by atoms with Gasteiger partial charge in [-0.15, -0.1) is 0 Å². The number of piperidine rings is 1. The Labute approximate surface area is 232 Å². The standard InChI is InChI=1S/C30H33N7O3/c1-19-10-14-31-24(17-19)34-28(38)20-6-8-22(9-7-20)40-23-11-15-32-26-25(23)27(36-35-26)33-21-5-3-16-37(18-21)29(39)30(2)12-4-13-30/h6-11,14-15,17,21H,3-5,12-13,16,18H2,1-2H3,(H,31,34,38)(H2,32,33,35,36). The molecule has 1 saturated heterocycles. The van der Waals surface area contributed by atoms with Crippen LogP contribution in [0.2, 0.25) is 0 Å². The smallest absolute Gasteiger partial charge is 0.256 e. The lowest BCUT2D eigenvalue weighted by molar-refractivity contribution is -0.147. The summed E-state index contributed by atoms with van der Waals surface area (Å²) in [5.74, 6) is 2.35. The molecule has 0 bridgehead atoms. The maximum Gasteiger partial charge on any atom is 0.256 e. The molecule has 206 valence electrons. The first-order valence-electron chi connectivity index (χ1n) is 13.8. The van der Waals surface area contributed by atoms with Gasteiger partial charge in [0.05, 0.1) is 0 Å². The molecule has 2 fully saturated rings. The van der Waals surface area contributed by atoms with Crippen molar-refractivity contribution in [3.63, 3.8) is 0 Å². The number of likely N-dealkylation sites (tertiary alicyclic amines) is 1. The number of aromatic amines is 1. The zero-order valence-corrected chi connectivity index (χ0v) is 22.7. The predicted octanol–water partition coefficient (Wildman–Crippen LogP) is 5.30. The number of fused-ring (bicyclic) bond motifs is 1. The SMILES string of the molecule is Cc1ccnc(NC(=O)c2ccc(Oc3ccnc4[nH]nc(NC5CCCN(C(=O)C6(C)CCC6)C5)c34)cc2)c1. The van der Waals surface area contributed by atoms with Crippen molar-refractivity contribution >= 4 is 34.5 Å². The number of ether oxygens (including phenoxy) is 1. The number of nitrogens with zero attached hydrogens (tertiary/aromatic N) is 4. The van der Waals surface area contributed by atoms with Crippen LogP contribution in [0.5, 0.6) is 11.5 Å². The average Bonchev–Trinajstić information content (AvgIpc) is 3.35. The van der Waals surface area contributed by atoms with Crippen LogP contribution in [0.15, 0.2) is 54.9 Å². The maximum absolute atomic E-state index is 13.1. The maximum atomic E-state index is 13.1. The minimum absolute atomic E-state index is 0.0848. The van der Waals surface area contributed by atoms with Gasteiger partial charge in [-0.25, -0.2) is 9.97 Å². The molecule has 1 saturated carbocycles. The summed E-state index contributed by atoms with van der Waals surface area (Å²) in [7, 11) is 0. The predicted molar refractivity (Wildman–Crippen MR) is 153 cm³/mol. The number of H-pyrrole nitrogens is 1. The van der Waals surface area contributed by atoms with Gasteiger partial charge in [-0.2, -0.15) is 5.10 Å². The van der Waals surface area contributed by atoms with E-state index in [2.05, 4.69) is 37.7 Å². The van der Waals surface area contributed by atoms with Gasteiger partial charge < -0.3 is 20.3 Å². The van der Waals surface area contributed by atoms with Crippen molar-refractivity contribution in [3.8, 4) is 11.5 Å². The Morgan fingerprint density at radius 2 is 1.88 bits per heavy atom. The lowest BCUT2D eigenvalue weighted by Gasteiger charge is -2.43.